The molecular weight excluding hydrogens is 466 g/mol. The Kier molecular flexibility index (Phi) is 5.31. The highest BCUT2D eigenvalue weighted by Crippen LogP contribution is 2.29. The molecule has 1 aromatic carbocycles. The number of hydrogen-bond acceptors (Lipinski definition) is 8. The van der Waals surface area contributed by atoms with E-state index < -0.39 is 11.9 Å². The van der Waals surface area contributed by atoms with Crippen LogP contribution in [0.4, 0.5) is 0 Å². The first-order chi connectivity index (χ1) is 17.5. The number of aromatic amines is 1. The second-order valence-electron chi connectivity index (χ2n) is 9.25. The molecule has 0 bridgehead atoms. The Bertz CT molecular complexity index is 1370. The summed E-state index contributed by atoms with van der Waals surface area (Å²) in [5.74, 6) is -0.399. The smallest absolute Gasteiger partial charge is 0.276 e. The van der Waals surface area contributed by atoms with Crippen LogP contribution in [0.1, 0.15) is 63.8 Å². The monoisotopic (exact) mass is 489 g/mol. The van der Waals surface area contributed by atoms with Gasteiger partial charge in [0.05, 0.1) is 11.9 Å². The normalized spacial score (nSPS) is 22.1. The highest BCUT2D eigenvalue weighted by molar-refractivity contribution is 6.05. The number of benzene rings is 1. The number of H-pyrrole nitrogens is 1. The van der Waals surface area contributed by atoms with Gasteiger partial charge >= 0.3 is 0 Å². The van der Waals surface area contributed by atoms with Gasteiger partial charge in [-0.3, -0.25) is 29.6 Å². The fourth-order valence-electron chi connectivity index (χ4n) is 5.13. The average Bonchev–Trinajstić information content (AvgIpc) is 3.65. The minimum Gasteiger partial charge on any atom is -0.336 e. The Hall–Kier alpha value is -4.42. The minimum absolute atomic E-state index is 0.0929. The van der Waals surface area contributed by atoms with Crippen LogP contribution < -0.4 is 5.32 Å². The number of carbonyl (C=O) groups excluding carboxylic acids is 4. The first kappa shape index (κ1) is 22.1. The second kappa shape index (κ2) is 8.66. The van der Waals surface area contributed by atoms with Gasteiger partial charge in [0, 0.05) is 37.5 Å². The number of piperidine rings is 2. The van der Waals surface area contributed by atoms with Crippen molar-refractivity contribution in [1.29, 1.82) is 0 Å². The molecule has 3 aliphatic rings. The van der Waals surface area contributed by atoms with Crippen LogP contribution in [0.5, 0.6) is 0 Å². The van der Waals surface area contributed by atoms with E-state index in [1.54, 1.807) is 23.2 Å². The molecule has 2 fully saturated rings. The van der Waals surface area contributed by atoms with Crippen LogP contribution >= 0.6 is 0 Å². The highest BCUT2D eigenvalue weighted by atomic mass is 16.2. The Morgan fingerprint density at radius 3 is 2.83 bits per heavy atom. The molecule has 0 spiro atoms. The highest BCUT2D eigenvalue weighted by Gasteiger charge is 2.39. The maximum atomic E-state index is 13.1. The molecule has 0 aliphatic carbocycles. The van der Waals surface area contributed by atoms with Crippen LogP contribution in [-0.2, 0) is 16.1 Å². The molecule has 4 amide bonds. The molecular formula is C23H23N9O4. The summed E-state index contributed by atoms with van der Waals surface area (Å²) >= 11 is 0. The zero-order valence-electron chi connectivity index (χ0n) is 19.3. The number of fused-ring (bicyclic) bond motifs is 1. The van der Waals surface area contributed by atoms with Gasteiger partial charge in [-0.05, 0) is 37.0 Å². The van der Waals surface area contributed by atoms with Crippen LogP contribution in [0.3, 0.4) is 0 Å². The van der Waals surface area contributed by atoms with E-state index in [4.69, 9.17) is 0 Å². The van der Waals surface area contributed by atoms with Gasteiger partial charge in [0.25, 0.3) is 11.8 Å². The van der Waals surface area contributed by atoms with E-state index >= 15 is 0 Å². The maximum absolute atomic E-state index is 13.1. The Morgan fingerprint density at radius 2 is 2.03 bits per heavy atom. The molecule has 2 saturated heterocycles. The van der Waals surface area contributed by atoms with Gasteiger partial charge in [-0.25, -0.2) is 9.67 Å². The van der Waals surface area contributed by atoms with Gasteiger partial charge < -0.3 is 9.80 Å². The standard InChI is InChI=1S/C23H23N9O4/c33-19-6-5-18(21(34)26-19)31-10-13-3-4-15(8-16(13)22(31)35)32-11-17(27-29-32)23(36)30-7-1-2-14(9-30)20-24-12-25-28-20/h3-4,8,11-12,14,18H,1-2,5-7,9-10H2,(H,24,25,28)(H,26,33,34). The second-order valence-corrected chi connectivity index (χ2v) is 9.25. The number of nitrogens with one attached hydrogen (secondary N) is 2. The van der Waals surface area contributed by atoms with E-state index in [1.807, 2.05) is 6.07 Å². The zero-order valence-corrected chi connectivity index (χ0v) is 19.3. The van der Waals surface area contributed by atoms with Crippen molar-refractivity contribution in [3.05, 3.63) is 53.4 Å². The summed E-state index contributed by atoms with van der Waals surface area (Å²) in [6.07, 6.45) is 5.30. The molecule has 2 aromatic heterocycles. The summed E-state index contributed by atoms with van der Waals surface area (Å²) < 4.78 is 1.47. The van der Waals surface area contributed by atoms with Crippen molar-refractivity contribution in [3.63, 3.8) is 0 Å². The summed E-state index contributed by atoms with van der Waals surface area (Å²) in [5.41, 5.74) is 2.05. The fraction of sp³-hybridized carbons (Fsp3) is 0.391. The van der Waals surface area contributed by atoms with E-state index in [0.717, 1.165) is 24.2 Å². The number of carbonyl (C=O) groups is 4. The summed E-state index contributed by atoms with van der Waals surface area (Å²) in [7, 11) is 0. The lowest BCUT2D eigenvalue weighted by molar-refractivity contribution is -0.136. The van der Waals surface area contributed by atoms with Crippen LogP contribution in [0, 0.1) is 0 Å². The summed E-state index contributed by atoms with van der Waals surface area (Å²) in [6, 6.07) is 4.62. The molecule has 6 rings (SSSR count). The quantitative estimate of drug-likeness (QED) is 0.491. The molecule has 3 aliphatic heterocycles. The van der Waals surface area contributed by atoms with E-state index in [2.05, 4.69) is 30.8 Å². The lowest BCUT2D eigenvalue weighted by Crippen LogP contribution is -2.52. The number of hydrogen-bond donors (Lipinski definition) is 2. The van der Waals surface area contributed by atoms with Crippen molar-refractivity contribution in [2.75, 3.05) is 13.1 Å². The van der Waals surface area contributed by atoms with Gasteiger partial charge in [0.15, 0.2) is 5.69 Å². The molecule has 5 heterocycles. The molecule has 13 nitrogen and oxygen atoms in total. The number of likely N-dealkylation sites (tertiary alicyclic amines) is 1. The Balaban J connectivity index is 1.18. The summed E-state index contributed by atoms with van der Waals surface area (Å²) in [4.78, 5) is 57.4. The van der Waals surface area contributed by atoms with Crippen LogP contribution in [0.25, 0.3) is 5.69 Å². The van der Waals surface area contributed by atoms with Gasteiger partial charge in [0.2, 0.25) is 11.8 Å². The average molecular weight is 489 g/mol. The van der Waals surface area contributed by atoms with Crippen molar-refractivity contribution < 1.29 is 19.2 Å². The summed E-state index contributed by atoms with van der Waals surface area (Å²) in [5, 5.41) is 17.3. The Labute approximate surface area is 204 Å². The van der Waals surface area contributed by atoms with Crippen molar-refractivity contribution in [2.45, 2.75) is 44.2 Å². The first-order valence-electron chi connectivity index (χ1n) is 11.8. The summed E-state index contributed by atoms with van der Waals surface area (Å²) in [6.45, 7) is 1.44. The topological polar surface area (TPSA) is 159 Å². The van der Waals surface area contributed by atoms with Crippen LogP contribution in [0.15, 0.2) is 30.7 Å². The van der Waals surface area contributed by atoms with E-state index in [0.29, 0.717) is 37.3 Å². The largest absolute Gasteiger partial charge is 0.336 e. The van der Waals surface area contributed by atoms with Crippen molar-refractivity contribution in [3.8, 4) is 5.69 Å². The lowest BCUT2D eigenvalue weighted by Gasteiger charge is -2.31. The van der Waals surface area contributed by atoms with Gasteiger partial charge in [-0.1, -0.05) is 11.3 Å². The maximum Gasteiger partial charge on any atom is 0.276 e. The molecule has 36 heavy (non-hydrogen) atoms. The lowest BCUT2D eigenvalue weighted by atomic mass is 9.97. The third-order valence-corrected chi connectivity index (χ3v) is 7.02. The first-order valence-corrected chi connectivity index (χ1v) is 11.8. The van der Waals surface area contributed by atoms with Gasteiger partial charge in [0.1, 0.15) is 18.2 Å². The molecule has 2 N–H and O–H groups in total. The van der Waals surface area contributed by atoms with Crippen LogP contribution in [-0.4, -0.2) is 82.7 Å². The zero-order chi connectivity index (χ0) is 24.8. The SMILES string of the molecule is O=C1CCC(N2Cc3ccc(-n4cc(C(=O)N5CCCC(c6ncn[nH]6)C5)nn4)cc3C2=O)C(=O)N1. The van der Waals surface area contributed by atoms with E-state index in [1.165, 1.54) is 15.9 Å². The van der Waals surface area contributed by atoms with Crippen molar-refractivity contribution >= 4 is 23.6 Å². The molecule has 0 radical (unpaired) electrons. The third-order valence-electron chi connectivity index (χ3n) is 7.02. The van der Waals surface area contributed by atoms with Crippen molar-refractivity contribution in [2.24, 2.45) is 0 Å². The molecule has 3 aromatic rings. The minimum atomic E-state index is -0.674. The predicted molar refractivity (Wildman–Crippen MR) is 122 cm³/mol. The number of rotatable bonds is 4. The number of imide groups is 1. The molecule has 0 saturated carbocycles. The number of aromatic nitrogens is 6. The molecule has 184 valence electrons. The van der Waals surface area contributed by atoms with Crippen molar-refractivity contribution in [1.82, 2.24) is 45.3 Å². The van der Waals surface area contributed by atoms with Gasteiger partial charge in [-0.2, -0.15) is 5.10 Å². The van der Waals surface area contributed by atoms with E-state index in [-0.39, 0.29) is 35.8 Å². The number of nitrogens with zero attached hydrogens (tertiary/aromatic N) is 7. The fourth-order valence-corrected chi connectivity index (χ4v) is 5.13. The van der Waals surface area contributed by atoms with E-state index in [9.17, 15) is 19.2 Å². The predicted octanol–water partition coefficient (Wildman–Crippen LogP) is 0.166. The molecule has 2 unspecified atom stereocenters. The molecule has 2 atom stereocenters. The molecule has 13 heteroatoms. The van der Waals surface area contributed by atoms with Crippen LogP contribution in [0.2, 0.25) is 0 Å². The third kappa shape index (κ3) is 3.82. The van der Waals surface area contributed by atoms with Gasteiger partial charge in [-0.15, -0.1) is 5.10 Å². The number of amides is 4. The Morgan fingerprint density at radius 1 is 1.14 bits per heavy atom.